The molecule has 1 aliphatic heterocycles. The lowest BCUT2D eigenvalue weighted by Gasteiger charge is -2.29. The van der Waals surface area contributed by atoms with E-state index in [1.165, 1.54) is 0 Å². The van der Waals surface area contributed by atoms with Crippen molar-refractivity contribution in [3.63, 3.8) is 0 Å². The molecular weight excluding hydrogens is 456 g/mol. The van der Waals surface area contributed by atoms with Gasteiger partial charge >= 0.3 is 0 Å². The molecule has 4 aromatic rings. The topological polar surface area (TPSA) is 105 Å². The van der Waals surface area contributed by atoms with Crippen molar-refractivity contribution in [1.82, 2.24) is 15.0 Å². The zero-order valence-corrected chi connectivity index (χ0v) is 20.2. The van der Waals surface area contributed by atoms with Gasteiger partial charge in [-0.3, -0.25) is 4.98 Å². The van der Waals surface area contributed by atoms with Crippen LogP contribution in [0.5, 0.6) is 11.5 Å². The quantitative estimate of drug-likeness (QED) is 0.411. The number of anilines is 3. The Balaban J connectivity index is 1.44. The molecule has 0 amide bonds. The number of pyridine rings is 1. The lowest BCUT2D eigenvalue weighted by molar-refractivity contribution is 0.122. The highest BCUT2D eigenvalue weighted by atomic mass is 16.5. The number of morpholine rings is 1. The molecule has 1 fully saturated rings. The molecule has 5 rings (SSSR count). The van der Waals surface area contributed by atoms with Gasteiger partial charge in [-0.1, -0.05) is 12.1 Å². The summed E-state index contributed by atoms with van der Waals surface area (Å²) in [5.74, 6) is 2.49. The molecule has 0 spiro atoms. The van der Waals surface area contributed by atoms with Crippen molar-refractivity contribution in [2.24, 2.45) is 0 Å². The predicted molar refractivity (Wildman–Crippen MR) is 137 cm³/mol. The molecule has 0 unspecified atom stereocenters. The van der Waals surface area contributed by atoms with E-state index in [4.69, 9.17) is 24.2 Å². The van der Waals surface area contributed by atoms with E-state index >= 15 is 0 Å². The van der Waals surface area contributed by atoms with Gasteiger partial charge in [-0.2, -0.15) is 5.26 Å². The van der Waals surface area contributed by atoms with Crippen LogP contribution in [0.15, 0.2) is 54.7 Å². The minimum Gasteiger partial charge on any atom is -0.493 e. The molecule has 1 saturated heterocycles. The van der Waals surface area contributed by atoms with Crippen LogP contribution < -0.4 is 19.7 Å². The Morgan fingerprint density at radius 1 is 1.08 bits per heavy atom. The molecule has 36 heavy (non-hydrogen) atoms. The van der Waals surface area contributed by atoms with Crippen LogP contribution >= 0.6 is 0 Å². The number of rotatable bonds is 7. The number of hydrogen-bond donors (Lipinski definition) is 1. The standard InChI is InChI=1S/C27H26N6O3/c1-18-6-7-19(16-29-18)17-36-23-9-8-21(14-24(23)34-2)30-26-27(33-10-12-35-13-11-33)32-25-20(15-28)4-3-5-22(25)31-26/h3-9,14,16H,10-13,17H2,1-2H3,(H,30,31). The van der Waals surface area contributed by atoms with Gasteiger partial charge in [0.2, 0.25) is 0 Å². The summed E-state index contributed by atoms with van der Waals surface area (Å²) in [5, 5.41) is 13.0. The third kappa shape index (κ3) is 4.99. The fourth-order valence-electron chi connectivity index (χ4n) is 3.98. The summed E-state index contributed by atoms with van der Waals surface area (Å²) in [7, 11) is 1.61. The van der Waals surface area contributed by atoms with E-state index in [-0.39, 0.29) is 0 Å². The van der Waals surface area contributed by atoms with E-state index in [2.05, 4.69) is 21.3 Å². The van der Waals surface area contributed by atoms with Gasteiger partial charge in [-0.15, -0.1) is 0 Å². The second-order valence-electron chi connectivity index (χ2n) is 8.37. The van der Waals surface area contributed by atoms with E-state index in [0.29, 0.717) is 72.6 Å². The maximum Gasteiger partial charge on any atom is 0.174 e. The first-order chi connectivity index (χ1) is 17.6. The van der Waals surface area contributed by atoms with E-state index < -0.39 is 0 Å². The summed E-state index contributed by atoms with van der Waals surface area (Å²) >= 11 is 0. The number of nitrogens with one attached hydrogen (secondary N) is 1. The summed E-state index contributed by atoms with van der Waals surface area (Å²) in [5.41, 5.74) is 4.43. The molecule has 9 nitrogen and oxygen atoms in total. The third-order valence-electron chi connectivity index (χ3n) is 5.90. The Hall–Kier alpha value is -4.42. The highest BCUT2D eigenvalue weighted by molar-refractivity contribution is 5.86. The zero-order chi connectivity index (χ0) is 24.9. The van der Waals surface area contributed by atoms with Crippen molar-refractivity contribution in [2.45, 2.75) is 13.5 Å². The maximum atomic E-state index is 9.56. The number of ether oxygens (including phenoxy) is 3. The first kappa shape index (κ1) is 23.3. The van der Waals surface area contributed by atoms with E-state index in [0.717, 1.165) is 16.9 Å². The molecule has 0 atom stereocenters. The molecule has 182 valence electrons. The lowest BCUT2D eigenvalue weighted by atomic mass is 10.2. The lowest BCUT2D eigenvalue weighted by Crippen LogP contribution is -2.37. The van der Waals surface area contributed by atoms with Crippen molar-refractivity contribution >= 4 is 28.4 Å². The Morgan fingerprint density at radius 2 is 1.94 bits per heavy atom. The van der Waals surface area contributed by atoms with E-state index in [1.807, 2.05) is 49.4 Å². The fourth-order valence-corrected chi connectivity index (χ4v) is 3.98. The van der Waals surface area contributed by atoms with Crippen LogP contribution in [-0.4, -0.2) is 48.4 Å². The van der Waals surface area contributed by atoms with Crippen molar-refractivity contribution in [2.75, 3.05) is 43.6 Å². The monoisotopic (exact) mass is 482 g/mol. The molecule has 9 heteroatoms. The Morgan fingerprint density at radius 3 is 2.69 bits per heavy atom. The summed E-state index contributed by atoms with van der Waals surface area (Å²) < 4.78 is 17.1. The summed E-state index contributed by atoms with van der Waals surface area (Å²) in [4.78, 5) is 16.1. The number of hydrogen-bond acceptors (Lipinski definition) is 9. The summed E-state index contributed by atoms with van der Waals surface area (Å²) in [6, 6.07) is 17.2. The van der Waals surface area contributed by atoms with Crippen molar-refractivity contribution in [1.29, 1.82) is 5.26 Å². The number of nitrogens with zero attached hydrogens (tertiary/aromatic N) is 5. The first-order valence-corrected chi connectivity index (χ1v) is 11.7. The minimum atomic E-state index is 0.384. The van der Waals surface area contributed by atoms with Crippen LogP contribution in [0.2, 0.25) is 0 Å². The van der Waals surface area contributed by atoms with E-state index in [1.54, 1.807) is 19.4 Å². The summed E-state index contributed by atoms with van der Waals surface area (Å²) in [6.45, 7) is 4.92. The maximum absolute atomic E-state index is 9.56. The van der Waals surface area contributed by atoms with Crippen molar-refractivity contribution in [3.05, 3.63) is 71.5 Å². The minimum absolute atomic E-state index is 0.384. The third-order valence-corrected chi connectivity index (χ3v) is 5.90. The highest BCUT2D eigenvalue weighted by Crippen LogP contribution is 2.34. The number of nitriles is 1. The highest BCUT2D eigenvalue weighted by Gasteiger charge is 2.20. The van der Waals surface area contributed by atoms with Crippen LogP contribution in [0, 0.1) is 18.3 Å². The van der Waals surface area contributed by atoms with Crippen LogP contribution in [0.25, 0.3) is 11.0 Å². The SMILES string of the molecule is COc1cc(Nc2nc3cccc(C#N)c3nc2N2CCOCC2)ccc1OCc1ccc(C)nc1. The number of aryl methyl sites for hydroxylation is 1. The normalized spacial score (nSPS) is 13.3. The van der Waals surface area contributed by atoms with Crippen molar-refractivity contribution in [3.8, 4) is 17.6 Å². The smallest absolute Gasteiger partial charge is 0.174 e. The Bertz CT molecular complexity index is 1410. The molecule has 2 aromatic heterocycles. The number of benzene rings is 2. The van der Waals surface area contributed by atoms with Gasteiger partial charge in [0, 0.05) is 42.3 Å². The molecule has 2 aromatic carbocycles. The number of methoxy groups -OCH3 is 1. The van der Waals surface area contributed by atoms with Crippen LogP contribution in [0.1, 0.15) is 16.8 Å². The number of aromatic nitrogens is 3. The van der Waals surface area contributed by atoms with Gasteiger partial charge in [0.15, 0.2) is 23.1 Å². The second kappa shape index (κ2) is 10.5. The Labute approximate surface area is 209 Å². The fraction of sp³-hybridized carbons (Fsp3) is 0.259. The average Bonchev–Trinajstić information content (AvgIpc) is 2.92. The van der Waals surface area contributed by atoms with Gasteiger partial charge in [0.1, 0.15) is 18.2 Å². The molecule has 0 saturated carbocycles. The van der Waals surface area contributed by atoms with Crippen LogP contribution in [-0.2, 0) is 11.3 Å². The van der Waals surface area contributed by atoms with Gasteiger partial charge in [0.05, 0.1) is 31.4 Å². The van der Waals surface area contributed by atoms with Crippen LogP contribution in [0.3, 0.4) is 0 Å². The summed E-state index contributed by atoms with van der Waals surface area (Å²) in [6.07, 6.45) is 1.81. The second-order valence-corrected chi connectivity index (χ2v) is 8.37. The van der Waals surface area contributed by atoms with Crippen LogP contribution in [0.4, 0.5) is 17.3 Å². The predicted octanol–water partition coefficient (Wildman–Crippen LogP) is 4.37. The van der Waals surface area contributed by atoms with Gasteiger partial charge in [-0.25, -0.2) is 9.97 Å². The number of para-hydroxylation sites is 1. The average molecular weight is 483 g/mol. The molecule has 0 radical (unpaired) electrons. The van der Waals surface area contributed by atoms with Crippen molar-refractivity contribution < 1.29 is 14.2 Å². The molecule has 0 aliphatic carbocycles. The Kier molecular flexibility index (Phi) is 6.78. The first-order valence-electron chi connectivity index (χ1n) is 11.7. The molecule has 3 heterocycles. The molecular formula is C27H26N6O3. The van der Waals surface area contributed by atoms with Gasteiger partial charge in [0.25, 0.3) is 0 Å². The van der Waals surface area contributed by atoms with Gasteiger partial charge < -0.3 is 24.4 Å². The zero-order valence-electron chi connectivity index (χ0n) is 20.2. The van der Waals surface area contributed by atoms with E-state index in [9.17, 15) is 5.26 Å². The molecule has 1 N–H and O–H groups in total. The molecule has 1 aliphatic rings. The number of fused-ring (bicyclic) bond motifs is 1. The largest absolute Gasteiger partial charge is 0.493 e. The molecule has 0 bridgehead atoms. The van der Waals surface area contributed by atoms with Gasteiger partial charge in [-0.05, 0) is 37.3 Å².